The van der Waals surface area contributed by atoms with Crippen LogP contribution in [0.4, 0.5) is 5.95 Å². The summed E-state index contributed by atoms with van der Waals surface area (Å²) < 4.78 is 6.42. The number of nitrogens with one attached hydrogen (secondary N) is 1. The smallest absolute Gasteiger partial charge is 0.223 e. The van der Waals surface area contributed by atoms with Gasteiger partial charge in [-0.1, -0.05) is 12.1 Å². The van der Waals surface area contributed by atoms with Crippen molar-refractivity contribution < 1.29 is 9.84 Å². The van der Waals surface area contributed by atoms with Gasteiger partial charge in [-0.25, -0.2) is 9.97 Å². The van der Waals surface area contributed by atoms with Crippen molar-refractivity contribution >= 4 is 21.9 Å². The van der Waals surface area contributed by atoms with E-state index in [0.717, 1.165) is 15.9 Å². The summed E-state index contributed by atoms with van der Waals surface area (Å²) in [6, 6.07) is 9.43. The Morgan fingerprint density at radius 1 is 1.24 bits per heavy atom. The van der Waals surface area contributed by atoms with Gasteiger partial charge in [0.05, 0.1) is 4.47 Å². The van der Waals surface area contributed by atoms with Gasteiger partial charge in [-0.05, 0) is 48.0 Å². The zero-order valence-electron chi connectivity index (χ0n) is 12.0. The van der Waals surface area contributed by atoms with E-state index < -0.39 is 6.10 Å². The number of aryl methyl sites for hydroxylation is 2. The third kappa shape index (κ3) is 4.99. The van der Waals surface area contributed by atoms with Crippen molar-refractivity contribution in [2.24, 2.45) is 0 Å². The fraction of sp³-hybridized carbons (Fsp3) is 0.333. The van der Waals surface area contributed by atoms with Crippen molar-refractivity contribution in [3.63, 3.8) is 0 Å². The van der Waals surface area contributed by atoms with Crippen LogP contribution in [0.3, 0.4) is 0 Å². The second-order valence-electron chi connectivity index (χ2n) is 4.75. The zero-order chi connectivity index (χ0) is 15.2. The number of aliphatic hydroxyl groups is 1. The first-order chi connectivity index (χ1) is 10.0. The number of rotatable bonds is 6. The molecule has 21 heavy (non-hydrogen) atoms. The fourth-order valence-electron chi connectivity index (χ4n) is 1.82. The molecule has 0 saturated carbocycles. The van der Waals surface area contributed by atoms with Crippen LogP contribution in [0.5, 0.6) is 5.75 Å². The highest BCUT2D eigenvalue weighted by atomic mass is 79.9. The van der Waals surface area contributed by atoms with Crippen molar-refractivity contribution in [3.8, 4) is 5.75 Å². The van der Waals surface area contributed by atoms with Gasteiger partial charge in [0.1, 0.15) is 18.5 Å². The minimum Gasteiger partial charge on any atom is -0.490 e. The van der Waals surface area contributed by atoms with Crippen molar-refractivity contribution in [2.75, 3.05) is 18.5 Å². The molecule has 2 aromatic rings. The number of halogens is 1. The summed E-state index contributed by atoms with van der Waals surface area (Å²) in [6.45, 7) is 4.34. The predicted octanol–water partition coefficient (Wildman–Crippen LogP) is 2.71. The lowest BCUT2D eigenvalue weighted by Crippen LogP contribution is -2.27. The van der Waals surface area contributed by atoms with Crippen molar-refractivity contribution in [1.29, 1.82) is 0 Å². The van der Waals surface area contributed by atoms with Crippen LogP contribution in [0.2, 0.25) is 0 Å². The van der Waals surface area contributed by atoms with Gasteiger partial charge in [0.15, 0.2) is 0 Å². The maximum absolute atomic E-state index is 9.94. The molecule has 0 saturated heterocycles. The first-order valence-electron chi connectivity index (χ1n) is 6.66. The zero-order valence-corrected chi connectivity index (χ0v) is 13.6. The van der Waals surface area contributed by atoms with Crippen LogP contribution in [0.1, 0.15) is 11.4 Å². The van der Waals surface area contributed by atoms with Crippen LogP contribution in [-0.4, -0.2) is 34.3 Å². The molecule has 2 rings (SSSR count). The van der Waals surface area contributed by atoms with Crippen LogP contribution in [0.15, 0.2) is 34.8 Å². The van der Waals surface area contributed by atoms with Crippen LogP contribution >= 0.6 is 15.9 Å². The van der Waals surface area contributed by atoms with E-state index in [1.54, 1.807) is 0 Å². The quantitative estimate of drug-likeness (QED) is 0.837. The maximum atomic E-state index is 9.94. The summed E-state index contributed by atoms with van der Waals surface area (Å²) in [6.07, 6.45) is -0.651. The van der Waals surface area contributed by atoms with Crippen molar-refractivity contribution in [1.82, 2.24) is 9.97 Å². The summed E-state index contributed by atoms with van der Waals surface area (Å²) in [5, 5.41) is 13.0. The molecule has 1 unspecified atom stereocenters. The maximum Gasteiger partial charge on any atom is 0.223 e. The third-order valence-corrected chi connectivity index (χ3v) is 3.40. The molecule has 2 N–H and O–H groups in total. The monoisotopic (exact) mass is 351 g/mol. The van der Waals surface area contributed by atoms with Gasteiger partial charge in [-0.15, -0.1) is 0 Å². The highest BCUT2D eigenvalue weighted by Gasteiger charge is 2.08. The number of nitrogens with zero attached hydrogens (tertiary/aromatic N) is 2. The fourth-order valence-corrected chi connectivity index (χ4v) is 2.22. The predicted molar refractivity (Wildman–Crippen MR) is 85.6 cm³/mol. The average Bonchev–Trinajstić information content (AvgIpc) is 2.43. The van der Waals surface area contributed by atoms with Crippen LogP contribution in [0.25, 0.3) is 0 Å². The first-order valence-corrected chi connectivity index (χ1v) is 7.45. The number of hydrogen-bond acceptors (Lipinski definition) is 5. The van der Waals surface area contributed by atoms with E-state index in [9.17, 15) is 5.11 Å². The summed E-state index contributed by atoms with van der Waals surface area (Å²) in [5.74, 6) is 1.23. The average molecular weight is 352 g/mol. The molecular weight excluding hydrogens is 334 g/mol. The van der Waals surface area contributed by atoms with E-state index in [4.69, 9.17) is 4.74 Å². The molecule has 6 heteroatoms. The van der Waals surface area contributed by atoms with Gasteiger partial charge in [0, 0.05) is 17.9 Å². The lowest BCUT2D eigenvalue weighted by Gasteiger charge is -2.14. The van der Waals surface area contributed by atoms with Crippen LogP contribution < -0.4 is 10.1 Å². The number of aromatic nitrogens is 2. The number of benzene rings is 1. The van der Waals surface area contributed by atoms with Gasteiger partial charge in [0.25, 0.3) is 0 Å². The molecule has 1 aromatic carbocycles. The summed E-state index contributed by atoms with van der Waals surface area (Å²) >= 11 is 3.40. The molecule has 1 heterocycles. The summed E-state index contributed by atoms with van der Waals surface area (Å²) in [5.41, 5.74) is 1.79. The molecular formula is C15H18BrN3O2. The number of para-hydroxylation sites is 1. The topological polar surface area (TPSA) is 67.3 Å². The third-order valence-electron chi connectivity index (χ3n) is 2.75. The standard InChI is InChI=1S/C15H18BrN3O2/c1-10-7-11(2)19-15(18-10)17-8-12(20)9-21-14-6-4-3-5-13(14)16/h3-7,12,20H,8-9H2,1-2H3,(H,17,18,19). The largest absolute Gasteiger partial charge is 0.490 e. The minimum absolute atomic E-state index is 0.195. The van der Waals surface area contributed by atoms with E-state index >= 15 is 0 Å². The van der Waals surface area contributed by atoms with E-state index in [0.29, 0.717) is 18.2 Å². The Morgan fingerprint density at radius 3 is 2.57 bits per heavy atom. The Morgan fingerprint density at radius 2 is 1.90 bits per heavy atom. The Balaban J connectivity index is 1.82. The molecule has 5 nitrogen and oxygen atoms in total. The molecule has 0 fully saturated rings. The van der Waals surface area contributed by atoms with Crippen molar-refractivity contribution in [2.45, 2.75) is 20.0 Å². The Bertz CT molecular complexity index is 587. The molecule has 0 spiro atoms. The molecule has 1 aromatic heterocycles. The Hall–Kier alpha value is -1.66. The van der Waals surface area contributed by atoms with Gasteiger partial charge in [-0.2, -0.15) is 0 Å². The normalized spacial score (nSPS) is 12.0. The number of anilines is 1. The van der Waals surface area contributed by atoms with Crippen LogP contribution in [-0.2, 0) is 0 Å². The van der Waals surface area contributed by atoms with E-state index in [1.165, 1.54) is 0 Å². The van der Waals surface area contributed by atoms with Gasteiger partial charge in [-0.3, -0.25) is 0 Å². The molecule has 0 amide bonds. The van der Waals surface area contributed by atoms with Gasteiger partial charge in [0.2, 0.25) is 5.95 Å². The lowest BCUT2D eigenvalue weighted by atomic mass is 10.3. The molecule has 112 valence electrons. The van der Waals surface area contributed by atoms with E-state index in [1.807, 2.05) is 44.2 Å². The van der Waals surface area contributed by atoms with Crippen LogP contribution in [0, 0.1) is 13.8 Å². The van der Waals surface area contributed by atoms with Gasteiger partial charge < -0.3 is 15.2 Å². The lowest BCUT2D eigenvalue weighted by molar-refractivity contribution is 0.117. The molecule has 0 aliphatic heterocycles. The van der Waals surface area contributed by atoms with E-state index in [2.05, 4.69) is 31.2 Å². The molecule has 0 aliphatic rings. The molecule has 0 radical (unpaired) electrons. The number of ether oxygens (including phenoxy) is 1. The van der Waals surface area contributed by atoms with Gasteiger partial charge >= 0.3 is 0 Å². The summed E-state index contributed by atoms with van der Waals surface area (Å²) in [7, 11) is 0. The minimum atomic E-state index is -0.651. The second kappa shape index (κ2) is 7.38. The SMILES string of the molecule is Cc1cc(C)nc(NCC(O)COc2ccccc2Br)n1. The molecule has 0 bridgehead atoms. The second-order valence-corrected chi connectivity index (χ2v) is 5.60. The highest BCUT2D eigenvalue weighted by molar-refractivity contribution is 9.10. The van der Waals surface area contributed by atoms with Crippen molar-refractivity contribution in [3.05, 3.63) is 46.2 Å². The Labute approximate surface area is 132 Å². The molecule has 0 aliphatic carbocycles. The number of aliphatic hydroxyl groups excluding tert-OH is 1. The highest BCUT2D eigenvalue weighted by Crippen LogP contribution is 2.23. The number of hydrogen-bond donors (Lipinski definition) is 2. The molecule has 1 atom stereocenters. The first kappa shape index (κ1) is 15.7. The van der Waals surface area contributed by atoms with E-state index in [-0.39, 0.29) is 6.61 Å². The Kier molecular flexibility index (Phi) is 5.52. The summed E-state index contributed by atoms with van der Waals surface area (Å²) in [4.78, 5) is 8.51.